The molecule has 0 spiro atoms. The smallest absolute Gasteiger partial charge is 0.255 e. The molecule has 2 aromatic rings. The van der Waals surface area contributed by atoms with Crippen LogP contribution in [0, 0.1) is 13.8 Å². The van der Waals surface area contributed by atoms with Crippen LogP contribution in [0.3, 0.4) is 0 Å². The van der Waals surface area contributed by atoms with E-state index >= 15 is 0 Å². The number of hydrogen-bond donors (Lipinski definition) is 1. The highest BCUT2D eigenvalue weighted by Gasteiger charge is 2.13. The lowest BCUT2D eigenvalue weighted by atomic mass is 10.1. The third-order valence-electron chi connectivity index (χ3n) is 2.98. The fourth-order valence-electron chi connectivity index (χ4n) is 1.99. The van der Waals surface area contributed by atoms with E-state index in [-0.39, 0.29) is 5.91 Å². The minimum atomic E-state index is -0.206. The van der Waals surface area contributed by atoms with Crippen LogP contribution in [-0.2, 0) is 0 Å². The Morgan fingerprint density at radius 3 is 2.76 bits per heavy atom. The van der Waals surface area contributed by atoms with Crippen LogP contribution in [0.25, 0.3) is 0 Å². The molecule has 0 unspecified atom stereocenters. The number of pyridine rings is 1. The van der Waals surface area contributed by atoms with Crippen LogP contribution >= 0.6 is 11.6 Å². The van der Waals surface area contributed by atoms with Gasteiger partial charge in [0.25, 0.3) is 5.91 Å². The van der Waals surface area contributed by atoms with Crippen LogP contribution < -0.4 is 10.1 Å². The monoisotopic (exact) mass is 304 g/mol. The maximum Gasteiger partial charge on any atom is 0.255 e. The molecular formula is C16H17ClN2O2. The van der Waals surface area contributed by atoms with Crippen molar-refractivity contribution in [1.29, 1.82) is 0 Å². The van der Waals surface area contributed by atoms with Gasteiger partial charge in [0.05, 0.1) is 11.6 Å². The fourth-order valence-corrected chi connectivity index (χ4v) is 2.21. The van der Waals surface area contributed by atoms with Crippen molar-refractivity contribution >= 4 is 23.2 Å². The number of anilines is 1. The van der Waals surface area contributed by atoms with E-state index in [2.05, 4.69) is 10.3 Å². The van der Waals surface area contributed by atoms with Gasteiger partial charge in [-0.15, -0.1) is 0 Å². The number of aromatic nitrogens is 1. The Labute approximate surface area is 129 Å². The van der Waals surface area contributed by atoms with Crippen LogP contribution in [0.2, 0.25) is 5.02 Å². The molecule has 2 rings (SSSR count). The first kappa shape index (κ1) is 15.3. The van der Waals surface area contributed by atoms with Crippen LogP contribution in [0.1, 0.15) is 28.5 Å². The van der Waals surface area contributed by atoms with Gasteiger partial charge >= 0.3 is 0 Å². The van der Waals surface area contributed by atoms with Gasteiger partial charge in [0.15, 0.2) is 0 Å². The Morgan fingerprint density at radius 1 is 1.33 bits per heavy atom. The Hall–Kier alpha value is -2.07. The van der Waals surface area contributed by atoms with E-state index in [0.717, 1.165) is 11.3 Å². The van der Waals surface area contributed by atoms with Gasteiger partial charge in [-0.05, 0) is 50.6 Å². The van der Waals surface area contributed by atoms with Crippen molar-refractivity contribution in [1.82, 2.24) is 4.98 Å². The standard InChI is InChI=1S/C16H17ClN2O2/c1-4-21-15-7-10(2)13(9-14(15)17)16(20)19-12-5-6-18-11(3)8-12/h5-9H,4H2,1-3H3,(H,18,19,20). The summed E-state index contributed by atoms with van der Waals surface area (Å²) in [6.45, 7) is 6.14. The molecule has 0 bridgehead atoms. The number of nitrogens with one attached hydrogen (secondary N) is 1. The highest BCUT2D eigenvalue weighted by atomic mass is 35.5. The molecule has 0 saturated carbocycles. The molecule has 5 heteroatoms. The quantitative estimate of drug-likeness (QED) is 0.928. The molecule has 1 N–H and O–H groups in total. The molecule has 0 aliphatic rings. The average Bonchev–Trinajstić information content (AvgIpc) is 2.42. The summed E-state index contributed by atoms with van der Waals surface area (Å²) >= 11 is 6.14. The maximum absolute atomic E-state index is 12.3. The van der Waals surface area contributed by atoms with Gasteiger partial charge in [0.2, 0.25) is 0 Å². The molecule has 0 saturated heterocycles. The van der Waals surface area contributed by atoms with Gasteiger partial charge in [-0.3, -0.25) is 9.78 Å². The Balaban J connectivity index is 2.25. The van der Waals surface area contributed by atoms with Gasteiger partial charge < -0.3 is 10.1 Å². The molecule has 21 heavy (non-hydrogen) atoms. The third kappa shape index (κ3) is 3.73. The number of halogens is 1. The second kappa shape index (κ2) is 6.59. The largest absolute Gasteiger partial charge is 0.492 e. The molecule has 0 atom stereocenters. The summed E-state index contributed by atoms with van der Waals surface area (Å²) in [7, 11) is 0. The molecule has 4 nitrogen and oxygen atoms in total. The number of benzene rings is 1. The molecule has 0 fully saturated rings. The summed E-state index contributed by atoms with van der Waals surface area (Å²) in [4.78, 5) is 16.4. The Kier molecular flexibility index (Phi) is 4.81. The van der Waals surface area contributed by atoms with E-state index in [1.807, 2.05) is 26.8 Å². The second-order valence-electron chi connectivity index (χ2n) is 4.67. The first-order valence-electron chi connectivity index (χ1n) is 6.68. The topological polar surface area (TPSA) is 51.2 Å². The van der Waals surface area contributed by atoms with Gasteiger partial charge in [0.1, 0.15) is 5.75 Å². The second-order valence-corrected chi connectivity index (χ2v) is 5.08. The SMILES string of the molecule is CCOc1cc(C)c(C(=O)Nc2ccnc(C)c2)cc1Cl. The van der Waals surface area contributed by atoms with Gasteiger partial charge in [-0.25, -0.2) is 0 Å². The molecule has 1 heterocycles. The Bertz CT molecular complexity index is 671. The van der Waals surface area contributed by atoms with Gasteiger partial charge in [-0.2, -0.15) is 0 Å². The maximum atomic E-state index is 12.3. The molecule has 110 valence electrons. The van der Waals surface area contributed by atoms with Gasteiger partial charge in [-0.1, -0.05) is 11.6 Å². The summed E-state index contributed by atoms with van der Waals surface area (Å²) in [5.74, 6) is 0.385. The first-order valence-corrected chi connectivity index (χ1v) is 7.06. The van der Waals surface area contributed by atoms with E-state index in [1.165, 1.54) is 0 Å². The lowest BCUT2D eigenvalue weighted by Gasteiger charge is -2.12. The number of carbonyl (C=O) groups is 1. The zero-order valence-corrected chi connectivity index (χ0v) is 13.0. The highest BCUT2D eigenvalue weighted by molar-refractivity contribution is 6.32. The third-order valence-corrected chi connectivity index (χ3v) is 3.27. The first-order chi connectivity index (χ1) is 10.0. The van der Waals surface area contributed by atoms with Crippen molar-refractivity contribution < 1.29 is 9.53 Å². The lowest BCUT2D eigenvalue weighted by Crippen LogP contribution is -2.14. The van der Waals surface area contributed by atoms with Gasteiger partial charge in [0, 0.05) is 23.1 Å². The Morgan fingerprint density at radius 2 is 2.10 bits per heavy atom. The molecule has 0 aliphatic carbocycles. The van der Waals surface area contributed by atoms with E-state index in [0.29, 0.717) is 28.6 Å². The molecule has 1 amide bonds. The summed E-state index contributed by atoms with van der Waals surface area (Å²) in [6.07, 6.45) is 1.66. The molecule has 1 aromatic heterocycles. The van der Waals surface area contributed by atoms with Crippen molar-refractivity contribution in [3.63, 3.8) is 0 Å². The van der Waals surface area contributed by atoms with E-state index < -0.39 is 0 Å². The predicted molar refractivity (Wildman–Crippen MR) is 84.3 cm³/mol. The predicted octanol–water partition coefficient (Wildman–Crippen LogP) is 4.00. The average molecular weight is 305 g/mol. The van der Waals surface area contributed by atoms with Crippen molar-refractivity contribution in [2.75, 3.05) is 11.9 Å². The molecule has 0 aliphatic heterocycles. The van der Waals surface area contributed by atoms with E-state index in [4.69, 9.17) is 16.3 Å². The van der Waals surface area contributed by atoms with Crippen molar-refractivity contribution in [3.05, 3.63) is 52.3 Å². The highest BCUT2D eigenvalue weighted by Crippen LogP contribution is 2.28. The minimum absolute atomic E-state index is 0.206. The number of ether oxygens (including phenoxy) is 1. The molecule has 0 radical (unpaired) electrons. The normalized spacial score (nSPS) is 10.3. The lowest BCUT2D eigenvalue weighted by molar-refractivity contribution is 0.102. The number of aryl methyl sites for hydroxylation is 2. The number of hydrogen-bond acceptors (Lipinski definition) is 3. The van der Waals surface area contributed by atoms with Crippen molar-refractivity contribution in [2.24, 2.45) is 0 Å². The van der Waals surface area contributed by atoms with Crippen LogP contribution in [0.5, 0.6) is 5.75 Å². The number of carbonyl (C=O) groups excluding carboxylic acids is 1. The van der Waals surface area contributed by atoms with Crippen molar-refractivity contribution in [3.8, 4) is 5.75 Å². The molecule has 1 aromatic carbocycles. The zero-order chi connectivity index (χ0) is 15.4. The summed E-state index contributed by atoms with van der Waals surface area (Å²) in [5, 5.41) is 3.27. The fraction of sp³-hybridized carbons (Fsp3) is 0.250. The minimum Gasteiger partial charge on any atom is -0.492 e. The summed E-state index contributed by atoms with van der Waals surface area (Å²) < 4.78 is 5.41. The summed E-state index contributed by atoms with van der Waals surface area (Å²) in [5.41, 5.74) is 2.88. The van der Waals surface area contributed by atoms with E-state index in [9.17, 15) is 4.79 Å². The summed E-state index contributed by atoms with van der Waals surface area (Å²) in [6, 6.07) is 6.96. The van der Waals surface area contributed by atoms with Crippen LogP contribution in [-0.4, -0.2) is 17.5 Å². The zero-order valence-electron chi connectivity index (χ0n) is 12.2. The van der Waals surface area contributed by atoms with E-state index in [1.54, 1.807) is 24.4 Å². The number of rotatable bonds is 4. The number of nitrogens with zero attached hydrogens (tertiary/aromatic N) is 1. The number of amides is 1. The van der Waals surface area contributed by atoms with Crippen LogP contribution in [0.15, 0.2) is 30.5 Å². The van der Waals surface area contributed by atoms with Crippen molar-refractivity contribution in [2.45, 2.75) is 20.8 Å². The molecular weight excluding hydrogens is 288 g/mol. The van der Waals surface area contributed by atoms with Crippen LogP contribution in [0.4, 0.5) is 5.69 Å².